The molecule has 3 rings (SSSR count). The Bertz CT molecular complexity index is 902. The summed E-state index contributed by atoms with van der Waals surface area (Å²) in [5, 5.41) is 2.84. The van der Waals surface area contributed by atoms with E-state index >= 15 is 0 Å². The Balaban J connectivity index is 1.66. The normalized spacial score (nSPS) is 10.4. The maximum Gasteiger partial charge on any atom is 0.257 e. The molecule has 0 saturated heterocycles. The van der Waals surface area contributed by atoms with Crippen molar-refractivity contribution in [1.82, 2.24) is 15.1 Å². The van der Waals surface area contributed by atoms with Crippen LogP contribution in [0, 0.1) is 5.82 Å². The number of carbonyl (C=O) groups excluding carboxylic acids is 1. The van der Waals surface area contributed by atoms with Crippen LogP contribution in [0.2, 0.25) is 0 Å². The number of pyridine rings is 1. The van der Waals surface area contributed by atoms with E-state index in [9.17, 15) is 9.18 Å². The summed E-state index contributed by atoms with van der Waals surface area (Å²) in [7, 11) is 0. The molecule has 0 atom stereocenters. The first-order valence-electron chi connectivity index (χ1n) is 8.23. The van der Waals surface area contributed by atoms with Crippen LogP contribution in [0.25, 0.3) is 0 Å². The smallest absolute Gasteiger partial charge is 0.257 e. The van der Waals surface area contributed by atoms with E-state index in [1.54, 1.807) is 12.1 Å². The molecule has 0 bridgehead atoms. The number of benzene rings is 2. The first kappa shape index (κ1) is 18.8. The van der Waals surface area contributed by atoms with E-state index < -0.39 is 0 Å². The Morgan fingerprint density at radius 2 is 1.67 bits per heavy atom. The van der Waals surface area contributed by atoms with Crippen molar-refractivity contribution < 1.29 is 13.9 Å². The zero-order chi connectivity index (χ0) is 19.1. The summed E-state index contributed by atoms with van der Waals surface area (Å²) in [5.74, 6) is -0.126. The van der Waals surface area contributed by atoms with Gasteiger partial charge in [0, 0.05) is 19.3 Å². The second-order valence-electron chi connectivity index (χ2n) is 5.72. The van der Waals surface area contributed by atoms with E-state index in [4.69, 9.17) is 16.5 Å². The van der Waals surface area contributed by atoms with Gasteiger partial charge in [-0.05, 0) is 59.3 Å². The van der Waals surface area contributed by atoms with Crippen LogP contribution in [0.3, 0.4) is 0 Å². The molecular formula is C20H17ClFN3O2. The lowest BCUT2D eigenvalue weighted by atomic mass is 10.1. The number of amides is 1. The number of hydrogen-bond donors (Lipinski definition) is 2. The minimum absolute atomic E-state index is 0.158. The maximum absolute atomic E-state index is 13.0. The summed E-state index contributed by atoms with van der Waals surface area (Å²) in [6, 6.07) is 16.5. The van der Waals surface area contributed by atoms with Crippen LogP contribution in [0.15, 0.2) is 66.9 Å². The van der Waals surface area contributed by atoms with Crippen LogP contribution >= 0.6 is 11.8 Å². The third-order valence-electron chi connectivity index (χ3n) is 3.79. The Kier molecular flexibility index (Phi) is 6.35. The monoisotopic (exact) mass is 385 g/mol. The van der Waals surface area contributed by atoms with E-state index in [-0.39, 0.29) is 17.6 Å². The van der Waals surface area contributed by atoms with Gasteiger partial charge in [0.25, 0.3) is 5.91 Å². The number of aromatic nitrogens is 1. The Morgan fingerprint density at radius 3 is 2.33 bits per heavy atom. The summed E-state index contributed by atoms with van der Waals surface area (Å²) in [4.78, 5) is 19.2. The van der Waals surface area contributed by atoms with Gasteiger partial charge in [-0.3, -0.25) is 4.79 Å². The highest BCUT2D eigenvalue weighted by atomic mass is 35.5. The summed E-state index contributed by atoms with van der Waals surface area (Å²) in [6.07, 6.45) is 1.53. The molecule has 3 aromatic rings. The van der Waals surface area contributed by atoms with Gasteiger partial charge in [0.15, 0.2) is 0 Å². The largest absolute Gasteiger partial charge is 0.438 e. The fourth-order valence-electron chi connectivity index (χ4n) is 2.39. The molecule has 27 heavy (non-hydrogen) atoms. The minimum Gasteiger partial charge on any atom is -0.438 e. The fraction of sp³-hybridized carbons (Fsp3) is 0.100. The lowest BCUT2D eigenvalue weighted by molar-refractivity contribution is 0.0948. The number of carbonyl (C=O) groups is 1. The minimum atomic E-state index is -0.366. The van der Waals surface area contributed by atoms with E-state index in [1.807, 2.05) is 24.3 Å². The number of rotatable bonds is 7. The van der Waals surface area contributed by atoms with E-state index in [0.717, 1.165) is 11.1 Å². The molecule has 0 radical (unpaired) electrons. The zero-order valence-corrected chi connectivity index (χ0v) is 15.0. The van der Waals surface area contributed by atoms with Gasteiger partial charge < -0.3 is 10.1 Å². The standard InChI is InChI=1S/C20H17ClFN3O2/c21-25-13-15-5-3-14(4-6-15)12-24-19(26)18-2-1-11-23-20(18)27-17-9-7-16(22)8-10-17/h1-11,25H,12-13H2,(H,24,26). The highest BCUT2D eigenvalue weighted by Gasteiger charge is 2.14. The van der Waals surface area contributed by atoms with Crippen LogP contribution in [-0.4, -0.2) is 10.9 Å². The second kappa shape index (κ2) is 9.12. The van der Waals surface area contributed by atoms with Crippen LogP contribution in [0.5, 0.6) is 11.6 Å². The molecule has 7 heteroatoms. The predicted octanol–water partition coefficient (Wildman–Crippen LogP) is 4.19. The van der Waals surface area contributed by atoms with Gasteiger partial charge in [0.2, 0.25) is 5.88 Å². The molecule has 0 aliphatic carbocycles. The van der Waals surface area contributed by atoms with Crippen LogP contribution in [-0.2, 0) is 13.1 Å². The number of halogens is 2. The van der Waals surface area contributed by atoms with E-state index in [1.165, 1.54) is 30.5 Å². The molecule has 0 spiro atoms. The molecule has 2 aromatic carbocycles. The molecule has 2 N–H and O–H groups in total. The highest BCUT2D eigenvalue weighted by Crippen LogP contribution is 2.23. The van der Waals surface area contributed by atoms with Crippen LogP contribution < -0.4 is 14.9 Å². The number of hydrogen-bond acceptors (Lipinski definition) is 4. The van der Waals surface area contributed by atoms with Gasteiger partial charge in [-0.15, -0.1) is 0 Å². The van der Waals surface area contributed by atoms with Crippen molar-refractivity contribution in [2.24, 2.45) is 0 Å². The first-order chi connectivity index (χ1) is 13.2. The van der Waals surface area contributed by atoms with Gasteiger partial charge in [0.05, 0.1) is 0 Å². The van der Waals surface area contributed by atoms with E-state index in [2.05, 4.69) is 15.1 Å². The van der Waals surface area contributed by atoms with Gasteiger partial charge in [-0.25, -0.2) is 14.2 Å². The summed E-state index contributed by atoms with van der Waals surface area (Å²) >= 11 is 5.48. The van der Waals surface area contributed by atoms with Crippen molar-refractivity contribution in [3.63, 3.8) is 0 Å². The van der Waals surface area contributed by atoms with Crippen molar-refractivity contribution in [1.29, 1.82) is 0 Å². The fourth-order valence-corrected chi connectivity index (χ4v) is 2.54. The average molecular weight is 386 g/mol. The topological polar surface area (TPSA) is 63.2 Å². The van der Waals surface area contributed by atoms with E-state index in [0.29, 0.717) is 24.4 Å². The lowest BCUT2D eigenvalue weighted by Gasteiger charge is -2.10. The Labute approximate surface area is 161 Å². The molecule has 5 nitrogen and oxygen atoms in total. The van der Waals surface area contributed by atoms with Crippen molar-refractivity contribution >= 4 is 17.7 Å². The molecule has 0 unspecified atom stereocenters. The number of ether oxygens (including phenoxy) is 1. The van der Waals surface area contributed by atoms with Gasteiger partial charge in [0.1, 0.15) is 17.1 Å². The third-order valence-corrected chi connectivity index (χ3v) is 3.92. The predicted molar refractivity (Wildman–Crippen MR) is 101 cm³/mol. The second-order valence-corrected chi connectivity index (χ2v) is 5.99. The molecule has 138 valence electrons. The van der Waals surface area contributed by atoms with Crippen molar-refractivity contribution in [3.05, 3.63) is 89.4 Å². The third kappa shape index (κ3) is 5.26. The molecule has 0 fully saturated rings. The molecule has 1 amide bonds. The summed E-state index contributed by atoms with van der Waals surface area (Å²) < 4.78 is 18.6. The quantitative estimate of drug-likeness (QED) is 0.599. The zero-order valence-electron chi connectivity index (χ0n) is 14.3. The van der Waals surface area contributed by atoms with Gasteiger partial charge in [-0.1, -0.05) is 24.3 Å². The van der Waals surface area contributed by atoms with Crippen molar-refractivity contribution in [2.75, 3.05) is 0 Å². The Hall–Kier alpha value is -2.96. The molecule has 1 heterocycles. The maximum atomic E-state index is 13.0. The van der Waals surface area contributed by atoms with Gasteiger partial charge in [-0.2, -0.15) is 0 Å². The van der Waals surface area contributed by atoms with Crippen LogP contribution in [0.4, 0.5) is 4.39 Å². The molecule has 0 saturated carbocycles. The average Bonchev–Trinajstić information content (AvgIpc) is 2.70. The molecule has 0 aliphatic heterocycles. The lowest BCUT2D eigenvalue weighted by Crippen LogP contribution is -2.23. The molecule has 1 aromatic heterocycles. The SMILES string of the molecule is O=C(NCc1ccc(CNCl)cc1)c1cccnc1Oc1ccc(F)cc1. The first-order valence-corrected chi connectivity index (χ1v) is 8.61. The van der Waals surface area contributed by atoms with Crippen molar-refractivity contribution in [2.45, 2.75) is 13.1 Å². The number of nitrogens with zero attached hydrogens (tertiary/aromatic N) is 1. The van der Waals surface area contributed by atoms with Crippen LogP contribution in [0.1, 0.15) is 21.5 Å². The summed E-state index contributed by atoms with van der Waals surface area (Å²) in [5.41, 5.74) is 2.29. The van der Waals surface area contributed by atoms with Gasteiger partial charge >= 0.3 is 0 Å². The Morgan fingerprint density at radius 1 is 1.00 bits per heavy atom. The highest BCUT2D eigenvalue weighted by molar-refractivity contribution is 6.13. The summed E-state index contributed by atoms with van der Waals surface area (Å²) in [6.45, 7) is 0.923. The molecule has 0 aliphatic rings. The number of nitrogens with one attached hydrogen (secondary N) is 2. The molecular weight excluding hydrogens is 369 g/mol. The van der Waals surface area contributed by atoms with Crippen molar-refractivity contribution in [3.8, 4) is 11.6 Å².